The van der Waals surface area contributed by atoms with Gasteiger partial charge in [0.2, 0.25) is 0 Å². The number of carboxylic acid groups (broad SMARTS) is 2. The molecule has 0 unspecified atom stereocenters. The number of aliphatic carboxylic acids is 2. The molecule has 3 rings (SSSR count). The summed E-state index contributed by atoms with van der Waals surface area (Å²) < 4.78 is 6.27. The lowest BCUT2D eigenvalue weighted by Crippen LogP contribution is -2.53. The minimum Gasteiger partial charge on any atom is -0.481 e. The van der Waals surface area contributed by atoms with Crippen molar-refractivity contribution in [1.29, 1.82) is 0 Å². The molecule has 0 aromatic heterocycles. The molecule has 2 aliphatic rings. The predicted molar refractivity (Wildman–Crippen MR) is 133 cm³/mol. The summed E-state index contributed by atoms with van der Waals surface area (Å²) in [6.45, 7) is 12.0. The number of carboxylic acids is 2. The number of carbonyl (C=O) groups is 2. The first-order chi connectivity index (χ1) is 15.3. The van der Waals surface area contributed by atoms with Crippen LogP contribution in [0.4, 0.5) is 0 Å². The molecule has 1 fully saturated rings. The van der Waals surface area contributed by atoms with E-state index >= 15 is 0 Å². The molecule has 2 N–H and O–H groups in total. The van der Waals surface area contributed by atoms with Crippen molar-refractivity contribution in [2.75, 3.05) is 13.7 Å². The number of nitrogens with zero attached hydrogens (tertiary/aromatic N) is 1. The lowest BCUT2D eigenvalue weighted by Gasteiger charge is -2.47. The van der Waals surface area contributed by atoms with Crippen molar-refractivity contribution >= 4 is 25.8 Å². The summed E-state index contributed by atoms with van der Waals surface area (Å²) >= 11 is 0. The van der Waals surface area contributed by atoms with Crippen molar-refractivity contribution in [3.8, 4) is 0 Å². The van der Waals surface area contributed by atoms with Crippen LogP contribution in [0.3, 0.4) is 0 Å². The number of hydrogen-bond acceptors (Lipinski definition) is 4. The van der Waals surface area contributed by atoms with E-state index in [-0.39, 0.29) is 17.1 Å². The van der Waals surface area contributed by atoms with Crippen LogP contribution in [0.15, 0.2) is 29.8 Å². The van der Waals surface area contributed by atoms with Crippen LogP contribution in [-0.4, -0.2) is 61.1 Å². The van der Waals surface area contributed by atoms with E-state index in [2.05, 4.69) is 50.9 Å². The number of aryl methyl sites for hydroxylation is 1. The van der Waals surface area contributed by atoms with Crippen LogP contribution in [0, 0.1) is 5.92 Å². The lowest BCUT2D eigenvalue weighted by molar-refractivity contribution is -0.145. The molecule has 1 saturated heterocycles. The topological polar surface area (TPSA) is 87.1 Å². The fourth-order valence-electron chi connectivity index (χ4n) is 4.82. The summed E-state index contributed by atoms with van der Waals surface area (Å²) in [6, 6.07) is 7.91. The Labute approximate surface area is 198 Å². The average Bonchev–Trinajstić information content (AvgIpc) is 2.70. The first-order valence-corrected chi connectivity index (χ1v) is 14.9. The molecule has 0 saturated carbocycles. The van der Waals surface area contributed by atoms with Crippen molar-refractivity contribution in [2.45, 2.75) is 83.1 Å². The summed E-state index contributed by atoms with van der Waals surface area (Å²) in [5.41, 5.74) is 3.36. The second-order valence-electron chi connectivity index (χ2n) is 11.2. The van der Waals surface area contributed by atoms with Crippen molar-refractivity contribution in [3.05, 3.63) is 41.0 Å². The maximum absolute atomic E-state index is 12.2. The summed E-state index contributed by atoms with van der Waals surface area (Å²) in [4.78, 5) is 25.8. The fraction of sp³-hybridized carbons (Fsp3) is 0.615. The van der Waals surface area contributed by atoms with E-state index in [4.69, 9.17) is 4.43 Å². The van der Waals surface area contributed by atoms with Gasteiger partial charge in [-0.25, -0.2) is 4.79 Å². The smallest absolute Gasteiger partial charge is 0.333 e. The maximum Gasteiger partial charge on any atom is 0.333 e. The van der Waals surface area contributed by atoms with Gasteiger partial charge in [-0.1, -0.05) is 45.0 Å². The number of fused-ring (bicyclic) bond motifs is 2. The van der Waals surface area contributed by atoms with Crippen LogP contribution < -0.4 is 0 Å². The highest BCUT2D eigenvalue weighted by Gasteiger charge is 2.44. The monoisotopic (exact) mass is 473 g/mol. The molecule has 0 radical (unpaired) electrons. The highest BCUT2D eigenvalue weighted by Crippen LogP contribution is 2.43. The summed E-state index contributed by atoms with van der Waals surface area (Å²) in [7, 11) is 0.194. The summed E-state index contributed by atoms with van der Waals surface area (Å²) in [5.74, 6) is -2.26. The Morgan fingerprint density at radius 3 is 2.30 bits per heavy atom. The Balaban J connectivity index is 1.71. The Kier molecular flexibility index (Phi) is 7.56. The minimum absolute atomic E-state index is 0.0510. The van der Waals surface area contributed by atoms with Crippen LogP contribution in [-0.2, 0) is 20.4 Å². The zero-order valence-electron chi connectivity index (χ0n) is 20.9. The maximum atomic E-state index is 12.2. The molecule has 0 spiro atoms. The van der Waals surface area contributed by atoms with Crippen molar-refractivity contribution < 1.29 is 24.2 Å². The van der Waals surface area contributed by atoms with Gasteiger partial charge in [0.1, 0.15) is 0 Å². The van der Waals surface area contributed by atoms with Gasteiger partial charge in [-0.05, 0) is 74.0 Å². The van der Waals surface area contributed by atoms with Gasteiger partial charge in [-0.2, -0.15) is 0 Å². The normalized spacial score (nSPS) is 24.1. The summed E-state index contributed by atoms with van der Waals surface area (Å²) in [5, 5.41) is 19.7. The minimum atomic E-state index is -1.72. The zero-order chi connectivity index (χ0) is 24.6. The van der Waals surface area contributed by atoms with E-state index in [0.29, 0.717) is 24.8 Å². The van der Waals surface area contributed by atoms with Crippen molar-refractivity contribution in [2.24, 2.45) is 5.92 Å². The van der Waals surface area contributed by atoms with Crippen LogP contribution in [0.5, 0.6) is 0 Å². The largest absolute Gasteiger partial charge is 0.481 e. The lowest BCUT2D eigenvalue weighted by atomic mass is 9.74. The Hall–Kier alpha value is -1.96. The highest BCUT2D eigenvalue weighted by atomic mass is 28.4. The van der Waals surface area contributed by atoms with Crippen LogP contribution in [0.1, 0.15) is 57.6 Å². The van der Waals surface area contributed by atoms with Gasteiger partial charge >= 0.3 is 11.9 Å². The van der Waals surface area contributed by atoms with E-state index in [9.17, 15) is 19.8 Å². The van der Waals surface area contributed by atoms with Gasteiger partial charge in [0.05, 0.1) is 11.5 Å². The van der Waals surface area contributed by atoms with Gasteiger partial charge < -0.3 is 14.6 Å². The fourth-order valence-corrected chi connectivity index (χ4v) is 5.90. The van der Waals surface area contributed by atoms with Crippen LogP contribution in [0.2, 0.25) is 18.1 Å². The highest BCUT2D eigenvalue weighted by molar-refractivity contribution is 6.74. The molecule has 33 heavy (non-hydrogen) atoms. The Morgan fingerprint density at radius 1 is 1.12 bits per heavy atom. The SMILES string of the molecule is CN1[C@@H]2CC(c3ccc(CCCO[Si](C)(C)C(C)(C)C)cc3)=C(C(=O)O)[C@H]1C[C@H](C(=O)O)C2. The van der Waals surface area contributed by atoms with E-state index in [1.54, 1.807) is 0 Å². The number of piperidine rings is 1. The van der Waals surface area contributed by atoms with E-state index in [0.717, 1.165) is 30.6 Å². The molecule has 0 amide bonds. The molecule has 182 valence electrons. The second kappa shape index (κ2) is 9.72. The number of rotatable bonds is 8. The molecule has 6 nitrogen and oxygen atoms in total. The van der Waals surface area contributed by atoms with E-state index in [1.807, 2.05) is 19.2 Å². The van der Waals surface area contributed by atoms with Crippen LogP contribution >= 0.6 is 0 Å². The molecule has 7 heteroatoms. The predicted octanol–water partition coefficient (Wildman–Crippen LogP) is 5.05. The van der Waals surface area contributed by atoms with Gasteiger partial charge in [-0.15, -0.1) is 0 Å². The number of benzene rings is 1. The molecule has 2 aliphatic heterocycles. The molecular weight excluding hydrogens is 434 g/mol. The number of likely N-dealkylation sites (N-methyl/N-ethyl adjacent to an activating group) is 1. The van der Waals surface area contributed by atoms with Gasteiger partial charge in [0, 0.05) is 18.7 Å². The molecule has 1 aromatic rings. The van der Waals surface area contributed by atoms with Gasteiger partial charge in [0.25, 0.3) is 0 Å². The Bertz CT molecular complexity index is 916. The summed E-state index contributed by atoms with van der Waals surface area (Å²) in [6.07, 6.45) is 3.36. The molecule has 2 heterocycles. The molecule has 0 aliphatic carbocycles. The van der Waals surface area contributed by atoms with E-state index in [1.165, 1.54) is 5.56 Å². The molecular formula is C26H39NO5Si. The standard InChI is InChI=1S/C26H39NO5Si/c1-26(2,3)33(5,6)32-13-7-8-17-9-11-18(12-10-17)21-16-20-14-19(24(28)29)15-22(27(20)4)23(21)25(30)31/h9-12,19-20,22H,7-8,13-16H2,1-6H3,(H,28,29)(H,30,31)/t19-,20+,22-/m1/s1. The number of hydrogen-bond donors (Lipinski definition) is 2. The Morgan fingerprint density at radius 2 is 1.76 bits per heavy atom. The average molecular weight is 474 g/mol. The van der Waals surface area contributed by atoms with E-state index < -0.39 is 26.2 Å². The molecule has 1 aromatic carbocycles. The van der Waals surface area contributed by atoms with Gasteiger partial charge in [0.15, 0.2) is 8.32 Å². The van der Waals surface area contributed by atoms with Crippen molar-refractivity contribution in [3.63, 3.8) is 0 Å². The van der Waals surface area contributed by atoms with Crippen molar-refractivity contribution in [1.82, 2.24) is 4.90 Å². The third-order valence-corrected chi connectivity index (χ3v) is 12.5. The molecule has 2 bridgehead atoms. The third kappa shape index (κ3) is 5.58. The first kappa shape index (κ1) is 25.7. The molecule has 3 atom stereocenters. The zero-order valence-corrected chi connectivity index (χ0v) is 21.9. The first-order valence-electron chi connectivity index (χ1n) is 12.0. The quantitative estimate of drug-likeness (QED) is 0.406. The van der Waals surface area contributed by atoms with Gasteiger partial charge in [-0.3, -0.25) is 9.69 Å². The second-order valence-corrected chi connectivity index (χ2v) is 16.0. The third-order valence-electron chi connectivity index (χ3n) is 7.99. The van der Waals surface area contributed by atoms with Crippen LogP contribution in [0.25, 0.3) is 5.57 Å².